The molecule has 1 unspecified atom stereocenters. The van der Waals surface area contributed by atoms with Gasteiger partial charge in [-0.3, -0.25) is 4.90 Å². The number of imidazole rings is 1. The third-order valence-electron chi connectivity index (χ3n) is 4.48. The van der Waals surface area contributed by atoms with Gasteiger partial charge in [-0.25, -0.2) is 4.98 Å². The fraction of sp³-hybridized carbons (Fsp3) is 0.500. The summed E-state index contributed by atoms with van der Waals surface area (Å²) in [4.78, 5) is 7.01. The second kappa shape index (κ2) is 6.45. The number of ether oxygens (including phenoxy) is 3. The van der Waals surface area contributed by atoms with Crippen molar-refractivity contribution in [2.75, 3.05) is 32.9 Å². The maximum atomic E-state index is 5.95. The Balaban J connectivity index is 1.46. The minimum atomic E-state index is 0.0228. The molecule has 0 N–H and O–H groups in total. The van der Waals surface area contributed by atoms with E-state index in [9.17, 15) is 0 Å². The van der Waals surface area contributed by atoms with Crippen molar-refractivity contribution in [3.63, 3.8) is 0 Å². The maximum Gasteiger partial charge on any atom is 0.161 e. The van der Waals surface area contributed by atoms with E-state index in [0.717, 1.165) is 49.3 Å². The zero-order valence-corrected chi connectivity index (χ0v) is 14.2. The highest BCUT2D eigenvalue weighted by atomic mass is 16.6. The van der Waals surface area contributed by atoms with Crippen molar-refractivity contribution in [2.45, 2.75) is 19.6 Å². The van der Waals surface area contributed by atoms with Gasteiger partial charge in [-0.2, -0.15) is 0 Å². The van der Waals surface area contributed by atoms with Crippen LogP contribution in [-0.4, -0.2) is 47.4 Å². The van der Waals surface area contributed by atoms with E-state index in [1.807, 2.05) is 26.2 Å². The molecular formula is C18H23N3O3. The molecule has 0 spiro atoms. The van der Waals surface area contributed by atoms with E-state index < -0.39 is 0 Å². The Kier molecular flexibility index (Phi) is 4.16. The SMILES string of the molecule is Cc1cn(C)c(C2CN(Cc3ccc4c(c3)OCCO4)CCO2)n1. The summed E-state index contributed by atoms with van der Waals surface area (Å²) in [6, 6.07) is 6.21. The number of aromatic nitrogens is 2. The van der Waals surface area contributed by atoms with Gasteiger partial charge in [0.15, 0.2) is 11.5 Å². The van der Waals surface area contributed by atoms with Crippen LogP contribution in [0.4, 0.5) is 0 Å². The van der Waals surface area contributed by atoms with E-state index >= 15 is 0 Å². The first-order chi connectivity index (χ1) is 11.7. The second-order valence-corrected chi connectivity index (χ2v) is 6.42. The molecule has 0 amide bonds. The van der Waals surface area contributed by atoms with Crippen molar-refractivity contribution in [3.05, 3.63) is 41.5 Å². The first-order valence-corrected chi connectivity index (χ1v) is 8.41. The molecular weight excluding hydrogens is 306 g/mol. The van der Waals surface area contributed by atoms with Crippen LogP contribution in [0, 0.1) is 6.92 Å². The molecule has 6 heteroatoms. The summed E-state index contributed by atoms with van der Waals surface area (Å²) in [5.74, 6) is 2.69. The summed E-state index contributed by atoms with van der Waals surface area (Å²) in [7, 11) is 2.03. The van der Waals surface area contributed by atoms with Crippen LogP contribution >= 0.6 is 0 Å². The number of morpholine rings is 1. The van der Waals surface area contributed by atoms with E-state index in [-0.39, 0.29) is 6.10 Å². The van der Waals surface area contributed by atoms with Gasteiger partial charge in [0.1, 0.15) is 25.1 Å². The highest BCUT2D eigenvalue weighted by Crippen LogP contribution is 2.31. The number of fused-ring (bicyclic) bond motifs is 1. The van der Waals surface area contributed by atoms with Gasteiger partial charge in [-0.1, -0.05) is 6.07 Å². The monoisotopic (exact) mass is 329 g/mol. The Morgan fingerprint density at radius 1 is 1.17 bits per heavy atom. The van der Waals surface area contributed by atoms with Gasteiger partial charge < -0.3 is 18.8 Å². The Bertz CT molecular complexity index is 728. The van der Waals surface area contributed by atoms with Gasteiger partial charge in [0, 0.05) is 32.9 Å². The number of nitrogens with zero attached hydrogens (tertiary/aromatic N) is 3. The summed E-state index contributed by atoms with van der Waals surface area (Å²) in [6.07, 6.45) is 2.06. The van der Waals surface area contributed by atoms with E-state index in [2.05, 4.69) is 26.6 Å². The number of aryl methyl sites for hydroxylation is 2. The van der Waals surface area contributed by atoms with E-state index in [0.29, 0.717) is 13.2 Å². The normalized spacial score (nSPS) is 21.0. The Labute approximate surface area is 142 Å². The third-order valence-corrected chi connectivity index (χ3v) is 4.48. The summed E-state index contributed by atoms with van der Waals surface area (Å²) >= 11 is 0. The predicted molar refractivity (Wildman–Crippen MR) is 89.3 cm³/mol. The molecule has 4 rings (SSSR count). The lowest BCUT2D eigenvalue weighted by Gasteiger charge is -2.32. The van der Waals surface area contributed by atoms with Crippen LogP contribution in [0.1, 0.15) is 23.2 Å². The minimum absolute atomic E-state index is 0.0228. The van der Waals surface area contributed by atoms with Crippen LogP contribution < -0.4 is 9.47 Å². The number of hydrogen-bond acceptors (Lipinski definition) is 5. The van der Waals surface area contributed by atoms with Crippen LogP contribution in [0.15, 0.2) is 24.4 Å². The summed E-state index contributed by atoms with van der Waals surface area (Å²) < 4.78 is 19.3. The van der Waals surface area contributed by atoms with Gasteiger partial charge in [-0.05, 0) is 24.6 Å². The molecule has 2 aliphatic heterocycles. The van der Waals surface area contributed by atoms with Crippen molar-refractivity contribution in [2.24, 2.45) is 7.05 Å². The van der Waals surface area contributed by atoms with Crippen molar-refractivity contribution in [3.8, 4) is 11.5 Å². The average Bonchev–Trinajstić information content (AvgIpc) is 2.93. The predicted octanol–water partition coefficient (Wildman–Crippen LogP) is 2.07. The lowest BCUT2D eigenvalue weighted by molar-refractivity contribution is -0.0384. The smallest absolute Gasteiger partial charge is 0.161 e. The molecule has 2 aliphatic rings. The molecule has 2 aromatic rings. The molecule has 3 heterocycles. The standard InChI is InChI=1S/C18H23N3O3/c1-13-10-20(2)18(19-13)17-12-21(5-6-22-17)11-14-3-4-15-16(9-14)24-8-7-23-15/h3-4,9-10,17H,5-8,11-12H2,1-2H3. The van der Waals surface area contributed by atoms with Crippen molar-refractivity contribution < 1.29 is 14.2 Å². The van der Waals surface area contributed by atoms with Crippen molar-refractivity contribution >= 4 is 0 Å². The second-order valence-electron chi connectivity index (χ2n) is 6.42. The quantitative estimate of drug-likeness (QED) is 0.863. The van der Waals surface area contributed by atoms with E-state index in [1.165, 1.54) is 5.56 Å². The lowest BCUT2D eigenvalue weighted by Crippen LogP contribution is -2.38. The highest BCUT2D eigenvalue weighted by Gasteiger charge is 2.25. The number of hydrogen-bond donors (Lipinski definition) is 0. The van der Waals surface area contributed by atoms with Gasteiger partial charge in [0.05, 0.1) is 12.3 Å². The Hall–Kier alpha value is -2.05. The zero-order chi connectivity index (χ0) is 16.5. The van der Waals surface area contributed by atoms with Crippen LogP contribution in [0.5, 0.6) is 11.5 Å². The Morgan fingerprint density at radius 2 is 2.00 bits per heavy atom. The fourth-order valence-electron chi connectivity index (χ4n) is 3.38. The molecule has 0 radical (unpaired) electrons. The zero-order valence-electron chi connectivity index (χ0n) is 14.2. The van der Waals surface area contributed by atoms with Crippen LogP contribution in [0.3, 0.4) is 0 Å². The van der Waals surface area contributed by atoms with Crippen molar-refractivity contribution in [1.82, 2.24) is 14.5 Å². The highest BCUT2D eigenvalue weighted by molar-refractivity contribution is 5.43. The molecule has 1 aromatic heterocycles. The summed E-state index contributed by atoms with van der Waals surface area (Å²) in [5.41, 5.74) is 2.26. The first-order valence-electron chi connectivity index (χ1n) is 8.41. The van der Waals surface area contributed by atoms with Gasteiger partial charge in [0.2, 0.25) is 0 Å². The molecule has 128 valence electrons. The number of benzene rings is 1. The van der Waals surface area contributed by atoms with Crippen LogP contribution in [0.25, 0.3) is 0 Å². The number of rotatable bonds is 3. The molecule has 0 aliphatic carbocycles. The van der Waals surface area contributed by atoms with Crippen LogP contribution in [0.2, 0.25) is 0 Å². The third kappa shape index (κ3) is 3.12. The topological polar surface area (TPSA) is 48.8 Å². The first kappa shape index (κ1) is 15.5. The lowest BCUT2D eigenvalue weighted by atomic mass is 10.1. The molecule has 1 aromatic carbocycles. The van der Waals surface area contributed by atoms with E-state index in [4.69, 9.17) is 14.2 Å². The molecule has 0 bridgehead atoms. The molecule has 1 fully saturated rings. The minimum Gasteiger partial charge on any atom is -0.486 e. The molecule has 24 heavy (non-hydrogen) atoms. The molecule has 1 atom stereocenters. The van der Waals surface area contributed by atoms with E-state index in [1.54, 1.807) is 0 Å². The van der Waals surface area contributed by atoms with Gasteiger partial charge >= 0.3 is 0 Å². The van der Waals surface area contributed by atoms with Gasteiger partial charge in [-0.15, -0.1) is 0 Å². The molecule has 6 nitrogen and oxygen atoms in total. The summed E-state index contributed by atoms with van der Waals surface area (Å²) in [5, 5.41) is 0. The Morgan fingerprint density at radius 3 is 2.79 bits per heavy atom. The largest absolute Gasteiger partial charge is 0.486 e. The van der Waals surface area contributed by atoms with Gasteiger partial charge in [0.25, 0.3) is 0 Å². The summed E-state index contributed by atoms with van der Waals surface area (Å²) in [6.45, 7) is 6.63. The maximum absolute atomic E-state index is 5.95. The average molecular weight is 329 g/mol. The van der Waals surface area contributed by atoms with Crippen LogP contribution in [-0.2, 0) is 18.3 Å². The molecule has 1 saturated heterocycles. The molecule has 0 saturated carbocycles. The van der Waals surface area contributed by atoms with Crippen molar-refractivity contribution in [1.29, 1.82) is 0 Å². The fourth-order valence-corrected chi connectivity index (χ4v) is 3.38.